The van der Waals surface area contributed by atoms with Gasteiger partial charge in [-0.3, -0.25) is 4.79 Å². The molecule has 1 N–H and O–H groups in total. The van der Waals surface area contributed by atoms with E-state index in [-0.39, 0.29) is 11.7 Å². The van der Waals surface area contributed by atoms with Crippen LogP contribution in [0.1, 0.15) is 21.8 Å². The van der Waals surface area contributed by atoms with Crippen molar-refractivity contribution < 1.29 is 9.21 Å². The molecule has 0 aliphatic carbocycles. The molecule has 1 aromatic heterocycles. The van der Waals surface area contributed by atoms with Gasteiger partial charge in [0.1, 0.15) is 0 Å². The van der Waals surface area contributed by atoms with Gasteiger partial charge in [0, 0.05) is 10.2 Å². The number of aromatic nitrogens is 1. The van der Waals surface area contributed by atoms with Gasteiger partial charge in [-0.2, -0.15) is 0 Å². The highest BCUT2D eigenvalue weighted by Crippen LogP contribution is 2.20. The number of aryl methyl sites for hydroxylation is 2. The van der Waals surface area contributed by atoms with Crippen molar-refractivity contribution in [3.63, 3.8) is 0 Å². The molecule has 0 atom stereocenters. The van der Waals surface area contributed by atoms with Gasteiger partial charge in [-0.25, -0.2) is 4.98 Å². The van der Waals surface area contributed by atoms with Gasteiger partial charge in [0.25, 0.3) is 5.91 Å². The Bertz CT molecular complexity index is 543. The lowest BCUT2D eigenvalue weighted by Gasteiger charge is -2.05. The second kappa shape index (κ2) is 4.71. The van der Waals surface area contributed by atoms with E-state index in [1.165, 1.54) is 6.39 Å². The van der Waals surface area contributed by atoms with E-state index in [0.29, 0.717) is 5.69 Å². The fourth-order valence-corrected chi connectivity index (χ4v) is 2.12. The third-order valence-corrected chi connectivity index (χ3v) is 2.71. The van der Waals surface area contributed by atoms with Crippen molar-refractivity contribution >= 4 is 27.5 Å². The zero-order valence-electron chi connectivity index (χ0n) is 9.45. The van der Waals surface area contributed by atoms with Gasteiger partial charge in [-0.15, -0.1) is 0 Å². The summed E-state index contributed by atoms with van der Waals surface area (Å²) in [6.45, 7) is 3.69. The van der Waals surface area contributed by atoms with Crippen molar-refractivity contribution in [3.05, 3.63) is 46.1 Å². The van der Waals surface area contributed by atoms with E-state index in [2.05, 4.69) is 26.2 Å². The molecule has 88 valence electrons. The summed E-state index contributed by atoms with van der Waals surface area (Å²) >= 11 is 3.38. The van der Waals surface area contributed by atoms with Crippen LogP contribution in [-0.2, 0) is 0 Å². The smallest absolute Gasteiger partial charge is 0.293 e. The maximum absolute atomic E-state index is 11.9. The number of halogens is 1. The van der Waals surface area contributed by atoms with Gasteiger partial charge in [-0.05, 0) is 37.6 Å². The Morgan fingerprint density at radius 1 is 1.35 bits per heavy atom. The van der Waals surface area contributed by atoms with Crippen LogP contribution in [0.2, 0.25) is 0 Å². The number of hydrogen-bond donors (Lipinski definition) is 1. The lowest BCUT2D eigenvalue weighted by molar-refractivity contribution is 0.0996. The fourth-order valence-electron chi connectivity index (χ4n) is 1.52. The SMILES string of the molecule is Cc1cc(Br)cc(NC(=O)c2ocnc2C)c1. The van der Waals surface area contributed by atoms with Crippen molar-refractivity contribution in [1.29, 1.82) is 0 Å². The van der Waals surface area contributed by atoms with Gasteiger partial charge in [-0.1, -0.05) is 15.9 Å². The van der Waals surface area contributed by atoms with Crippen LogP contribution in [-0.4, -0.2) is 10.9 Å². The van der Waals surface area contributed by atoms with Gasteiger partial charge in [0.15, 0.2) is 6.39 Å². The molecule has 0 aliphatic rings. The molecule has 2 aromatic rings. The average Bonchev–Trinajstić information content (AvgIpc) is 2.62. The molecule has 0 aliphatic heterocycles. The summed E-state index contributed by atoms with van der Waals surface area (Å²) < 4.78 is 5.94. The summed E-state index contributed by atoms with van der Waals surface area (Å²) in [4.78, 5) is 15.7. The number of nitrogens with one attached hydrogen (secondary N) is 1. The van der Waals surface area contributed by atoms with E-state index in [4.69, 9.17) is 4.42 Å². The van der Waals surface area contributed by atoms with Gasteiger partial charge >= 0.3 is 0 Å². The zero-order chi connectivity index (χ0) is 12.4. The summed E-state index contributed by atoms with van der Waals surface area (Å²) in [6.07, 6.45) is 1.26. The molecule has 5 heteroatoms. The Balaban J connectivity index is 2.21. The van der Waals surface area contributed by atoms with Crippen LogP contribution in [0.15, 0.2) is 33.5 Å². The van der Waals surface area contributed by atoms with Crippen LogP contribution in [0.4, 0.5) is 5.69 Å². The summed E-state index contributed by atoms with van der Waals surface area (Å²) in [6, 6.07) is 5.68. The van der Waals surface area contributed by atoms with Gasteiger partial charge < -0.3 is 9.73 Å². The lowest BCUT2D eigenvalue weighted by Crippen LogP contribution is -2.12. The average molecular weight is 295 g/mol. The molecule has 1 heterocycles. The Morgan fingerprint density at radius 2 is 2.12 bits per heavy atom. The zero-order valence-corrected chi connectivity index (χ0v) is 11.0. The van der Waals surface area contributed by atoms with E-state index in [0.717, 1.165) is 15.7 Å². The minimum absolute atomic E-state index is 0.239. The van der Waals surface area contributed by atoms with Crippen LogP contribution in [0.3, 0.4) is 0 Å². The standard InChI is InChI=1S/C12H11BrN2O2/c1-7-3-9(13)5-10(4-7)15-12(16)11-8(2)14-6-17-11/h3-6H,1-2H3,(H,15,16). The highest BCUT2D eigenvalue weighted by atomic mass is 79.9. The largest absolute Gasteiger partial charge is 0.438 e. The molecule has 0 unspecified atom stereocenters. The topological polar surface area (TPSA) is 55.1 Å². The molecule has 0 saturated carbocycles. The minimum atomic E-state index is -0.294. The molecule has 2 rings (SSSR count). The van der Waals surface area contributed by atoms with Crippen LogP contribution in [0, 0.1) is 13.8 Å². The van der Waals surface area contributed by atoms with Crippen molar-refractivity contribution in [3.8, 4) is 0 Å². The molecule has 4 nitrogen and oxygen atoms in total. The van der Waals surface area contributed by atoms with Gasteiger partial charge in [0.05, 0.1) is 5.69 Å². The molecular weight excluding hydrogens is 284 g/mol. The van der Waals surface area contributed by atoms with Crippen LogP contribution in [0.25, 0.3) is 0 Å². The summed E-state index contributed by atoms with van der Waals surface area (Å²) in [5, 5.41) is 2.76. The maximum Gasteiger partial charge on any atom is 0.293 e. The predicted octanol–water partition coefficient (Wildman–Crippen LogP) is 3.31. The van der Waals surface area contributed by atoms with Crippen molar-refractivity contribution in [1.82, 2.24) is 4.98 Å². The van der Waals surface area contributed by atoms with Gasteiger partial charge in [0.2, 0.25) is 5.76 Å². The summed E-state index contributed by atoms with van der Waals surface area (Å²) in [7, 11) is 0. The summed E-state index contributed by atoms with van der Waals surface area (Å²) in [5.41, 5.74) is 2.36. The Kier molecular flexibility index (Phi) is 3.28. The maximum atomic E-state index is 11.9. The normalized spacial score (nSPS) is 10.3. The monoisotopic (exact) mass is 294 g/mol. The minimum Gasteiger partial charge on any atom is -0.438 e. The van der Waals surface area contributed by atoms with Crippen LogP contribution < -0.4 is 5.32 Å². The molecule has 0 radical (unpaired) electrons. The highest BCUT2D eigenvalue weighted by molar-refractivity contribution is 9.10. The fraction of sp³-hybridized carbons (Fsp3) is 0.167. The second-order valence-electron chi connectivity index (χ2n) is 3.74. The van der Waals surface area contributed by atoms with Crippen LogP contribution >= 0.6 is 15.9 Å². The Hall–Kier alpha value is -1.62. The number of amides is 1. The van der Waals surface area contributed by atoms with Crippen LogP contribution in [0.5, 0.6) is 0 Å². The number of hydrogen-bond acceptors (Lipinski definition) is 3. The molecule has 0 fully saturated rings. The first kappa shape index (κ1) is 11.9. The quantitative estimate of drug-likeness (QED) is 0.924. The van der Waals surface area contributed by atoms with Crippen molar-refractivity contribution in [2.45, 2.75) is 13.8 Å². The first-order chi connectivity index (χ1) is 8.06. The molecule has 0 bridgehead atoms. The predicted molar refractivity (Wildman–Crippen MR) is 68.1 cm³/mol. The Morgan fingerprint density at radius 3 is 2.71 bits per heavy atom. The Labute approximate surface area is 107 Å². The number of oxazole rings is 1. The second-order valence-corrected chi connectivity index (χ2v) is 4.65. The molecule has 0 saturated heterocycles. The summed E-state index contributed by atoms with van der Waals surface area (Å²) in [5.74, 6) is -0.0554. The number of anilines is 1. The van der Waals surface area contributed by atoms with E-state index in [1.807, 2.05) is 25.1 Å². The van der Waals surface area contributed by atoms with E-state index >= 15 is 0 Å². The van der Waals surface area contributed by atoms with E-state index < -0.39 is 0 Å². The molecular formula is C12H11BrN2O2. The number of benzene rings is 1. The van der Waals surface area contributed by atoms with E-state index in [9.17, 15) is 4.79 Å². The number of carbonyl (C=O) groups is 1. The third kappa shape index (κ3) is 2.74. The number of carbonyl (C=O) groups excluding carboxylic acids is 1. The lowest BCUT2D eigenvalue weighted by atomic mass is 10.2. The molecule has 17 heavy (non-hydrogen) atoms. The van der Waals surface area contributed by atoms with Crippen molar-refractivity contribution in [2.75, 3.05) is 5.32 Å². The third-order valence-electron chi connectivity index (χ3n) is 2.25. The van der Waals surface area contributed by atoms with E-state index in [1.54, 1.807) is 6.92 Å². The highest BCUT2D eigenvalue weighted by Gasteiger charge is 2.14. The molecule has 1 amide bonds. The number of rotatable bonds is 2. The molecule has 1 aromatic carbocycles. The first-order valence-electron chi connectivity index (χ1n) is 5.05. The molecule has 0 spiro atoms. The number of nitrogens with zero attached hydrogens (tertiary/aromatic N) is 1. The first-order valence-corrected chi connectivity index (χ1v) is 5.84. The van der Waals surface area contributed by atoms with Crippen molar-refractivity contribution in [2.24, 2.45) is 0 Å².